The first-order valence-corrected chi connectivity index (χ1v) is 11.7. The maximum Gasteiger partial charge on any atom is 0.407 e. The van der Waals surface area contributed by atoms with Crippen molar-refractivity contribution in [3.05, 3.63) is 40.4 Å². The Morgan fingerprint density at radius 1 is 0.857 bits per heavy atom. The summed E-state index contributed by atoms with van der Waals surface area (Å²) in [6, 6.07) is 7.22. The molecule has 35 heavy (non-hydrogen) atoms. The van der Waals surface area contributed by atoms with E-state index in [-0.39, 0.29) is 28.8 Å². The van der Waals surface area contributed by atoms with Crippen LogP contribution < -0.4 is 16.0 Å². The fraction of sp³-hybridized carbons (Fsp3) is 0.500. The molecule has 0 radical (unpaired) electrons. The molecule has 0 atom stereocenters. The van der Waals surface area contributed by atoms with E-state index < -0.39 is 11.7 Å². The minimum atomic E-state index is -0.530. The number of nitrogens with one attached hydrogen (secondary N) is 3. The summed E-state index contributed by atoms with van der Waals surface area (Å²) in [6.07, 6.45) is -0.242. The van der Waals surface area contributed by atoms with E-state index in [1.807, 2.05) is 12.1 Å². The highest BCUT2D eigenvalue weighted by atomic mass is 35.5. The van der Waals surface area contributed by atoms with Gasteiger partial charge in [-0.1, -0.05) is 12.1 Å². The first-order chi connectivity index (χ1) is 16.6. The molecule has 0 saturated heterocycles. The van der Waals surface area contributed by atoms with Gasteiger partial charge in [0.15, 0.2) is 0 Å². The minimum absolute atomic E-state index is 0.00936. The van der Waals surface area contributed by atoms with Gasteiger partial charge in [0.05, 0.1) is 32.8 Å². The van der Waals surface area contributed by atoms with E-state index in [1.165, 1.54) is 0 Å². The number of nitrogens with zero attached hydrogens (tertiary/aromatic N) is 3. The van der Waals surface area contributed by atoms with Gasteiger partial charge in [0, 0.05) is 18.8 Å². The molecule has 1 heterocycles. The monoisotopic (exact) mass is 528 g/mol. The van der Waals surface area contributed by atoms with Crippen LogP contribution in [-0.2, 0) is 25.4 Å². The van der Waals surface area contributed by atoms with E-state index in [9.17, 15) is 9.59 Å². The van der Waals surface area contributed by atoms with Gasteiger partial charge in [0.25, 0.3) is 0 Å². The second-order valence-corrected chi connectivity index (χ2v) is 8.88. The Labute approximate surface area is 214 Å². The first-order valence-electron chi connectivity index (χ1n) is 10.9. The van der Waals surface area contributed by atoms with E-state index in [2.05, 4.69) is 30.9 Å². The van der Waals surface area contributed by atoms with Crippen LogP contribution in [-0.4, -0.2) is 72.1 Å². The number of anilines is 2. The van der Waals surface area contributed by atoms with Crippen molar-refractivity contribution >= 4 is 46.8 Å². The highest BCUT2D eigenvalue weighted by molar-refractivity contribution is 6.31. The molecule has 0 spiro atoms. The van der Waals surface area contributed by atoms with Crippen molar-refractivity contribution < 1.29 is 23.8 Å². The second kappa shape index (κ2) is 14.6. The lowest BCUT2D eigenvalue weighted by Crippen LogP contribution is -2.34. The smallest absolute Gasteiger partial charge is 0.407 e. The number of alkyl carbamates (subject to hydrolysis) is 1. The quantitative estimate of drug-likeness (QED) is 0.334. The number of halogens is 2. The molecular weight excluding hydrogens is 499 g/mol. The summed E-state index contributed by atoms with van der Waals surface area (Å²) in [7, 11) is 0. The minimum Gasteiger partial charge on any atom is -0.444 e. The average molecular weight is 529 g/mol. The normalized spacial score (nSPS) is 11.1. The van der Waals surface area contributed by atoms with Gasteiger partial charge in [-0.25, -0.2) is 4.79 Å². The molecule has 2 aromatic rings. The number of hydrogen-bond acceptors (Lipinski definition) is 9. The van der Waals surface area contributed by atoms with E-state index in [0.717, 1.165) is 5.56 Å². The highest BCUT2D eigenvalue weighted by Crippen LogP contribution is 2.17. The Balaban J connectivity index is 1.51. The molecule has 3 N–H and O–H groups in total. The summed E-state index contributed by atoms with van der Waals surface area (Å²) >= 11 is 11.5. The van der Waals surface area contributed by atoms with Crippen LogP contribution >= 0.6 is 23.2 Å². The zero-order valence-electron chi connectivity index (χ0n) is 19.9. The number of rotatable bonds is 13. The maximum atomic E-state index is 12.1. The third-order valence-corrected chi connectivity index (χ3v) is 4.35. The summed E-state index contributed by atoms with van der Waals surface area (Å²) < 4.78 is 15.9. The average Bonchev–Trinajstić information content (AvgIpc) is 2.74. The topological polar surface area (TPSA) is 137 Å². The van der Waals surface area contributed by atoms with Crippen LogP contribution in [0.1, 0.15) is 26.3 Å². The van der Waals surface area contributed by atoms with Crippen LogP contribution in [0.3, 0.4) is 0 Å². The van der Waals surface area contributed by atoms with Crippen molar-refractivity contribution in [3.8, 4) is 0 Å². The van der Waals surface area contributed by atoms with Crippen LogP contribution in [0.5, 0.6) is 0 Å². The summed E-state index contributed by atoms with van der Waals surface area (Å²) in [5.41, 5.74) is 1.02. The first kappa shape index (κ1) is 28.5. The molecule has 0 aliphatic heterocycles. The van der Waals surface area contributed by atoms with Crippen LogP contribution in [0.25, 0.3) is 0 Å². The molecule has 0 aliphatic rings. The van der Waals surface area contributed by atoms with Crippen molar-refractivity contribution in [2.45, 2.75) is 32.8 Å². The largest absolute Gasteiger partial charge is 0.444 e. The predicted octanol–water partition coefficient (Wildman–Crippen LogP) is 3.14. The van der Waals surface area contributed by atoms with Crippen molar-refractivity contribution in [2.75, 3.05) is 44.8 Å². The lowest BCUT2D eigenvalue weighted by Gasteiger charge is -2.19. The molecule has 1 aromatic heterocycles. The zero-order valence-corrected chi connectivity index (χ0v) is 21.4. The Bertz CT molecular complexity index is 936. The van der Waals surface area contributed by atoms with Crippen molar-refractivity contribution in [2.24, 2.45) is 0 Å². The number of benzene rings is 1. The van der Waals surface area contributed by atoms with E-state index in [1.54, 1.807) is 32.9 Å². The Morgan fingerprint density at radius 3 is 2.00 bits per heavy atom. The number of carbonyl (C=O) groups is 2. The molecule has 1 aromatic carbocycles. The van der Waals surface area contributed by atoms with Gasteiger partial charge in [0.1, 0.15) is 5.60 Å². The standard InChI is InChI=1S/C22H30Cl2N6O5/c1-22(2,3)35-21(32)26-9-11-34-13-12-33-10-8-25-17(31)14-15-4-6-16(7-5-15)27-20-29-18(23)28-19(24)30-20/h4-7H,8-14H2,1-3H3,(H,25,31)(H,26,32)(H,27,28,29,30). The van der Waals surface area contributed by atoms with Gasteiger partial charge < -0.3 is 30.2 Å². The van der Waals surface area contributed by atoms with Gasteiger partial charge in [-0.05, 0) is 61.7 Å². The second-order valence-electron chi connectivity index (χ2n) is 8.20. The Kier molecular flexibility index (Phi) is 11.9. The van der Waals surface area contributed by atoms with Gasteiger partial charge in [-0.3, -0.25) is 4.79 Å². The third-order valence-electron chi connectivity index (χ3n) is 4.01. The van der Waals surface area contributed by atoms with Crippen molar-refractivity contribution in [1.82, 2.24) is 25.6 Å². The Hall–Kier alpha value is -2.73. The van der Waals surface area contributed by atoms with Crippen LogP contribution in [0.15, 0.2) is 24.3 Å². The maximum absolute atomic E-state index is 12.1. The molecule has 13 heteroatoms. The van der Waals surface area contributed by atoms with Gasteiger partial charge in [-0.2, -0.15) is 15.0 Å². The highest BCUT2D eigenvalue weighted by Gasteiger charge is 2.15. The lowest BCUT2D eigenvalue weighted by molar-refractivity contribution is -0.120. The fourth-order valence-electron chi connectivity index (χ4n) is 2.59. The van der Waals surface area contributed by atoms with E-state index in [0.29, 0.717) is 45.2 Å². The number of ether oxygens (including phenoxy) is 3. The molecule has 0 bridgehead atoms. The molecule has 0 unspecified atom stereocenters. The summed E-state index contributed by atoms with van der Waals surface area (Å²) in [4.78, 5) is 35.1. The molecule has 11 nitrogen and oxygen atoms in total. The molecule has 0 aliphatic carbocycles. The zero-order chi connectivity index (χ0) is 25.7. The number of amides is 2. The molecule has 0 saturated carbocycles. The molecule has 0 fully saturated rings. The van der Waals surface area contributed by atoms with E-state index >= 15 is 0 Å². The molecule has 2 amide bonds. The number of hydrogen-bond donors (Lipinski definition) is 3. The van der Waals surface area contributed by atoms with E-state index in [4.69, 9.17) is 37.4 Å². The van der Waals surface area contributed by atoms with Crippen LogP contribution in [0, 0.1) is 0 Å². The molecular formula is C22H30Cl2N6O5. The lowest BCUT2D eigenvalue weighted by atomic mass is 10.1. The van der Waals surface area contributed by atoms with Crippen molar-refractivity contribution in [3.63, 3.8) is 0 Å². The summed E-state index contributed by atoms with van der Waals surface area (Å²) in [6.45, 7) is 7.62. The summed E-state index contributed by atoms with van der Waals surface area (Å²) in [5.74, 6) is 0.109. The van der Waals surface area contributed by atoms with Crippen LogP contribution in [0.4, 0.5) is 16.4 Å². The van der Waals surface area contributed by atoms with Gasteiger partial charge >= 0.3 is 6.09 Å². The van der Waals surface area contributed by atoms with Gasteiger partial charge in [-0.15, -0.1) is 0 Å². The van der Waals surface area contributed by atoms with Crippen molar-refractivity contribution in [1.29, 1.82) is 0 Å². The Morgan fingerprint density at radius 2 is 1.43 bits per heavy atom. The van der Waals surface area contributed by atoms with Gasteiger partial charge in [0.2, 0.25) is 22.4 Å². The fourth-order valence-corrected chi connectivity index (χ4v) is 2.95. The number of aromatic nitrogens is 3. The molecule has 192 valence electrons. The SMILES string of the molecule is CC(C)(C)OC(=O)NCCOCCOCCNC(=O)Cc1ccc(Nc2nc(Cl)nc(Cl)n2)cc1. The summed E-state index contributed by atoms with van der Waals surface area (Å²) in [5, 5.41) is 8.35. The molecule has 2 rings (SSSR count). The third kappa shape index (κ3) is 13.1. The predicted molar refractivity (Wildman–Crippen MR) is 132 cm³/mol. The number of carbonyl (C=O) groups excluding carboxylic acids is 2. The van der Waals surface area contributed by atoms with Crippen LogP contribution in [0.2, 0.25) is 10.6 Å².